The topological polar surface area (TPSA) is 29.1 Å². The first kappa shape index (κ1) is 14.8. The van der Waals surface area contributed by atoms with Gasteiger partial charge in [0.2, 0.25) is 0 Å². The summed E-state index contributed by atoms with van der Waals surface area (Å²) < 4.78 is 0.920. The van der Waals surface area contributed by atoms with Crippen molar-refractivity contribution in [3.63, 3.8) is 0 Å². The van der Waals surface area contributed by atoms with Crippen LogP contribution in [0.25, 0.3) is 0 Å². The van der Waals surface area contributed by atoms with Crippen LogP contribution in [-0.2, 0) is 0 Å². The summed E-state index contributed by atoms with van der Waals surface area (Å²) in [4.78, 5) is 11.9. The van der Waals surface area contributed by atoms with E-state index in [1.54, 1.807) is 6.07 Å². The van der Waals surface area contributed by atoms with Crippen molar-refractivity contribution in [2.75, 3.05) is 10.7 Å². The molecule has 0 aliphatic heterocycles. The van der Waals surface area contributed by atoms with Gasteiger partial charge in [0, 0.05) is 10.7 Å². The lowest BCUT2D eigenvalue weighted by Crippen LogP contribution is -2.48. The van der Waals surface area contributed by atoms with Crippen LogP contribution >= 0.6 is 66.4 Å². The first-order chi connectivity index (χ1) is 7.41. The van der Waals surface area contributed by atoms with E-state index in [9.17, 15) is 4.79 Å². The van der Waals surface area contributed by atoms with Crippen molar-refractivity contribution in [3.8, 4) is 0 Å². The van der Waals surface area contributed by atoms with Crippen LogP contribution in [0.4, 0.5) is 0 Å². The fourth-order valence-electron chi connectivity index (χ4n) is 0.939. The Kier molecular flexibility index (Phi) is 5.58. The number of halogens is 4. The zero-order valence-corrected chi connectivity index (χ0v) is 13.8. The molecule has 90 valence electrons. The van der Waals surface area contributed by atoms with Crippen molar-refractivity contribution in [2.24, 2.45) is 0 Å². The predicted molar refractivity (Wildman–Crippen MR) is 77.8 cm³/mol. The van der Waals surface area contributed by atoms with Gasteiger partial charge in [0.05, 0.1) is 15.4 Å². The third-order valence-electron chi connectivity index (χ3n) is 1.91. The summed E-state index contributed by atoms with van der Waals surface area (Å²) in [6.45, 7) is 1.93. The maximum absolute atomic E-state index is 11.9. The monoisotopic (exact) mass is 407 g/mol. The van der Waals surface area contributed by atoms with Gasteiger partial charge < -0.3 is 5.32 Å². The Morgan fingerprint density at radius 2 is 2.06 bits per heavy atom. The van der Waals surface area contributed by atoms with Crippen molar-refractivity contribution < 1.29 is 4.79 Å². The molecule has 0 radical (unpaired) electrons. The van der Waals surface area contributed by atoms with Crippen molar-refractivity contribution in [1.82, 2.24) is 5.32 Å². The molecule has 0 fully saturated rings. The molecule has 0 aliphatic carbocycles. The van der Waals surface area contributed by atoms with Gasteiger partial charge >= 0.3 is 0 Å². The number of nitrogens with one attached hydrogen (secondary N) is 1. The first-order valence-electron chi connectivity index (χ1n) is 4.31. The molecule has 1 N–H and O–H groups in total. The highest BCUT2D eigenvalue weighted by atomic mass is 79.9. The first-order valence-corrected chi connectivity index (χ1v) is 8.12. The van der Waals surface area contributed by atoms with Crippen molar-refractivity contribution in [1.29, 1.82) is 0 Å². The number of amides is 1. The number of alkyl halides is 2. The molecule has 1 aromatic rings. The van der Waals surface area contributed by atoms with Gasteiger partial charge in [0.25, 0.3) is 5.91 Å². The average Bonchev–Trinajstić information content (AvgIpc) is 2.57. The van der Waals surface area contributed by atoms with E-state index in [2.05, 4.69) is 37.2 Å². The average molecular weight is 410 g/mol. The highest BCUT2D eigenvalue weighted by Gasteiger charge is 2.26. The molecular formula is C9H9Br2Cl2NOS. The van der Waals surface area contributed by atoms with Crippen LogP contribution in [0.15, 0.2) is 6.07 Å². The normalized spacial score (nSPS) is 11.6. The van der Waals surface area contributed by atoms with E-state index in [1.807, 2.05) is 6.92 Å². The van der Waals surface area contributed by atoms with Crippen molar-refractivity contribution >= 4 is 72.3 Å². The second kappa shape index (κ2) is 6.05. The summed E-state index contributed by atoms with van der Waals surface area (Å²) in [6, 6.07) is 1.58. The summed E-state index contributed by atoms with van der Waals surface area (Å²) in [7, 11) is 0. The van der Waals surface area contributed by atoms with E-state index in [-0.39, 0.29) is 11.4 Å². The molecule has 1 heterocycles. The molecule has 1 aromatic heterocycles. The second-order valence-electron chi connectivity index (χ2n) is 3.52. The van der Waals surface area contributed by atoms with Crippen LogP contribution in [-0.4, -0.2) is 22.1 Å². The zero-order valence-electron chi connectivity index (χ0n) is 8.32. The summed E-state index contributed by atoms with van der Waals surface area (Å²) in [5, 5.41) is 4.18. The Balaban J connectivity index is 2.84. The highest BCUT2D eigenvalue weighted by molar-refractivity contribution is 9.09. The predicted octanol–water partition coefficient (Wildman–Crippen LogP) is 4.33. The molecule has 0 unspecified atom stereocenters. The minimum atomic E-state index is -0.352. The Morgan fingerprint density at radius 3 is 2.44 bits per heavy atom. The van der Waals surface area contributed by atoms with Gasteiger partial charge in [-0.2, -0.15) is 0 Å². The largest absolute Gasteiger partial charge is 0.345 e. The summed E-state index contributed by atoms with van der Waals surface area (Å²) in [5.41, 5.74) is 0.0687. The van der Waals surface area contributed by atoms with E-state index in [1.165, 1.54) is 11.3 Å². The van der Waals surface area contributed by atoms with E-state index in [0.29, 0.717) is 24.9 Å². The molecule has 0 bridgehead atoms. The third kappa shape index (κ3) is 3.60. The molecule has 0 aromatic carbocycles. The summed E-state index contributed by atoms with van der Waals surface area (Å²) >= 11 is 19.6. The second-order valence-corrected chi connectivity index (χ2v) is 6.93. The van der Waals surface area contributed by atoms with E-state index in [0.717, 1.165) is 0 Å². The Bertz CT molecular complexity index is 393. The van der Waals surface area contributed by atoms with Gasteiger partial charge in [-0.3, -0.25) is 4.79 Å². The SMILES string of the molecule is CC(CBr)(CBr)NC(=O)c1cc(Cl)sc1Cl. The molecule has 0 saturated heterocycles. The van der Waals surface area contributed by atoms with E-state index in [4.69, 9.17) is 23.2 Å². The Morgan fingerprint density at radius 1 is 1.50 bits per heavy atom. The lowest BCUT2D eigenvalue weighted by molar-refractivity contribution is 0.0923. The molecule has 2 nitrogen and oxygen atoms in total. The minimum Gasteiger partial charge on any atom is -0.345 e. The van der Waals surface area contributed by atoms with Crippen LogP contribution in [0.5, 0.6) is 0 Å². The van der Waals surface area contributed by atoms with Gasteiger partial charge in [0.1, 0.15) is 4.34 Å². The van der Waals surface area contributed by atoms with Gasteiger partial charge in [-0.05, 0) is 13.0 Å². The molecule has 1 amide bonds. The maximum atomic E-state index is 11.9. The van der Waals surface area contributed by atoms with Crippen LogP contribution in [0, 0.1) is 0 Å². The molecular weight excluding hydrogens is 401 g/mol. The van der Waals surface area contributed by atoms with E-state index >= 15 is 0 Å². The van der Waals surface area contributed by atoms with Gasteiger partial charge in [-0.1, -0.05) is 55.1 Å². The van der Waals surface area contributed by atoms with Gasteiger partial charge in [-0.15, -0.1) is 11.3 Å². The summed E-state index contributed by atoms with van der Waals surface area (Å²) in [6.07, 6.45) is 0. The maximum Gasteiger partial charge on any atom is 0.254 e. The lowest BCUT2D eigenvalue weighted by atomic mass is 10.1. The molecule has 0 aliphatic rings. The molecule has 0 saturated carbocycles. The Hall–Kier alpha value is 0.710. The number of hydrogen-bond acceptors (Lipinski definition) is 2. The van der Waals surface area contributed by atoms with Crippen molar-refractivity contribution in [2.45, 2.75) is 12.5 Å². The Labute approximate surface area is 125 Å². The van der Waals surface area contributed by atoms with E-state index < -0.39 is 0 Å². The standard InChI is InChI=1S/C9H9Br2Cl2NOS/c1-9(3-10,4-11)14-8(15)5-2-6(12)16-7(5)13/h2H,3-4H2,1H3,(H,14,15). The number of hydrogen-bond donors (Lipinski definition) is 1. The summed E-state index contributed by atoms with van der Waals surface area (Å²) in [5.74, 6) is -0.213. The minimum absolute atomic E-state index is 0.213. The van der Waals surface area contributed by atoms with Crippen LogP contribution in [0.3, 0.4) is 0 Å². The van der Waals surface area contributed by atoms with Gasteiger partial charge in [-0.25, -0.2) is 0 Å². The number of carbonyl (C=O) groups is 1. The number of carbonyl (C=O) groups excluding carboxylic acids is 1. The van der Waals surface area contributed by atoms with Crippen LogP contribution in [0.1, 0.15) is 17.3 Å². The third-order valence-corrected chi connectivity index (χ3v) is 5.87. The quantitative estimate of drug-likeness (QED) is 0.736. The van der Waals surface area contributed by atoms with Gasteiger partial charge in [0.15, 0.2) is 0 Å². The smallest absolute Gasteiger partial charge is 0.254 e. The zero-order chi connectivity index (χ0) is 12.3. The molecule has 0 atom stereocenters. The molecule has 16 heavy (non-hydrogen) atoms. The van der Waals surface area contributed by atoms with Crippen LogP contribution in [0.2, 0.25) is 8.67 Å². The fraction of sp³-hybridized carbons (Fsp3) is 0.444. The van der Waals surface area contributed by atoms with Crippen molar-refractivity contribution in [3.05, 3.63) is 20.3 Å². The number of rotatable bonds is 4. The molecule has 7 heteroatoms. The fourth-order valence-corrected chi connectivity index (χ4v) is 3.61. The van der Waals surface area contributed by atoms with Crippen LogP contribution < -0.4 is 5.32 Å². The molecule has 1 rings (SSSR count). The molecule has 0 spiro atoms. The lowest BCUT2D eigenvalue weighted by Gasteiger charge is -2.26. The number of thiophene rings is 1. The highest BCUT2D eigenvalue weighted by Crippen LogP contribution is 2.31.